The van der Waals surface area contributed by atoms with E-state index in [-0.39, 0.29) is 26.4 Å². The normalized spacial score (nSPS) is 15.3. The molecule has 0 saturated carbocycles. The van der Waals surface area contributed by atoms with Gasteiger partial charge in [0.15, 0.2) is 16.6 Å². The Morgan fingerprint density at radius 3 is 2.33 bits per heavy atom. The monoisotopic (exact) mass is 466 g/mol. The summed E-state index contributed by atoms with van der Waals surface area (Å²) in [5.41, 5.74) is 0.508. The van der Waals surface area contributed by atoms with Crippen LogP contribution < -0.4 is 24.4 Å². The van der Waals surface area contributed by atoms with Crippen LogP contribution in [0.5, 0.6) is 17.2 Å². The summed E-state index contributed by atoms with van der Waals surface area (Å²) in [6.45, 7) is 0. The fourth-order valence-electron chi connectivity index (χ4n) is 2.93. The number of thiocarbonyl (C=S) groups is 1. The lowest BCUT2D eigenvalue weighted by molar-refractivity contribution is -0.122. The van der Waals surface area contributed by atoms with Crippen LogP contribution in [0.25, 0.3) is 6.08 Å². The molecule has 1 aliphatic heterocycles. The van der Waals surface area contributed by atoms with Gasteiger partial charge in [0.05, 0.1) is 37.1 Å². The number of carbonyl (C=O) groups excluding carboxylic acids is 2. The molecule has 156 valence electrons. The van der Waals surface area contributed by atoms with Crippen molar-refractivity contribution in [3.8, 4) is 17.2 Å². The lowest BCUT2D eigenvalue weighted by Gasteiger charge is -2.29. The van der Waals surface area contributed by atoms with E-state index in [2.05, 4.69) is 5.32 Å². The Morgan fingerprint density at radius 1 is 1.00 bits per heavy atom. The van der Waals surface area contributed by atoms with Gasteiger partial charge in [-0.2, -0.15) is 0 Å². The van der Waals surface area contributed by atoms with E-state index in [1.54, 1.807) is 30.3 Å². The summed E-state index contributed by atoms with van der Waals surface area (Å²) in [6.07, 6.45) is 1.38. The molecule has 1 N–H and O–H groups in total. The zero-order chi connectivity index (χ0) is 22.0. The van der Waals surface area contributed by atoms with Gasteiger partial charge in [-0.25, -0.2) is 0 Å². The first-order chi connectivity index (χ1) is 14.3. The quantitative estimate of drug-likeness (QED) is 0.409. The number of benzene rings is 2. The van der Waals surface area contributed by atoms with Crippen molar-refractivity contribution in [1.29, 1.82) is 0 Å². The van der Waals surface area contributed by atoms with E-state index in [9.17, 15) is 9.59 Å². The number of hydrogen-bond acceptors (Lipinski definition) is 6. The highest BCUT2D eigenvalue weighted by Gasteiger charge is 2.36. The van der Waals surface area contributed by atoms with Crippen molar-refractivity contribution in [3.63, 3.8) is 0 Å². The molecule has 0 atom stereocenters. The number of rotatable bonds is 5. The molecular formula is C20H16Cl2N2O5S. The van der Waals surface area contributed by atoms with Crippen LogP contribution in [0.2, 0.25) is 10.0 Å². The predicted molar refractivity (Wildman–Crippen MR) is 119 cm³/mol. The van der Waals surface area contributed by atoms with Crippen molar-refractivity contribution < 1.29 is 23.8 Å². The SMILES string of the molecule is COc1ccc(/C=C2\C(=O)NC(=S)N(c3cccc(Cl)c3Cl)C2=O)c(OC)c1OC. The van der Waals surface area contributed by atoms with Gasteiger partial charge in [-0.15, -0.1) is 0 Å². The second-order valence-electron chi connectivity index (χ2n) is 5.95. The van der Waals surface area contributed by atoms with E-state index < -0.39 is 11.8 Å². The van der Waals surface area contributed by atoms with Crippen LogP contribution in [0.15, 0.2) is 35.9 Å². The minimum Gasteiger partial charge on any atom is -0.493 e. The maximum absolute atomic E-state index is 13.2. The average molecular weight is 467 g/mol. The zero-order valence-corrected chi connectivity index (χ0v) is 18.4. The van der Waals surface area contributed by atoms with Crippen LogP contribution in [0.1, 0.15) is 5.56 Å². The van der Waals surface area contributed by atoms with Crippen molar-refractivity contribution in [3.05, 3.63) is 51.5 Å². The number of methoxy groups -OCH3 is 3. The summed E-state index contributed by atoms with van der Waals surface area (Å²) in [6, 6.07) is 8.04. The Hall–Kier alpha value is -2.81. The molecule has 0 aromatic heterocycles. The van der Waals surface area contributed by atoms with E-state index >= 15 is 0 Å². The number of nitrogens with zero attached hydrogens (tertiary/aromatic N) is 1. The number of anilines is 1. The van der Waals surface area contributed by atoms with Gasteiger partial charge in [0.1, 0.15) is 5.57 Å². The summed E-state index contributed by atoms with van der Waals surface area (Å²) in [5.74, 6) is -0.265. The standard InChI is InChI=1S/C20H16Cl2N2O5S/c1-27-14-8-7-10(16(28-2)17(14)29-3)9-11-18(25)23-20(30)24(19(11)26)13-6-4-5-12(21)15(13)22/h4-9H,1-3H3,(H,23,25,30)/b11-9+. The van der Waals surface area contributed by atoms with Crippen LogP contribution in [0, 0.1) is 0 Å². The Morgan fingerprint density at radius 2 is 1.70 bits per heavy atom. The Kier molecular flexibility index (Phi) is 6.50. The maximum atomic E-state index is 13.2. The van der Waals surface area contributed by atoms with E-state index in [0.717, 1.165) is 4.90 Å². The zero-order valence-electron chi connectivity index (χ0n) is 16.1. The van der Waals surface area contributed by atoms with Gasteiger partial charge < -0.3 is 14.2 Å². The molecule has 1 aliphatic rings. The molecule has 1 saturated heterocycles. The van der Waals surface area contributed by atoms with Crippen molar-refractivity contribution >= 4 is 64.1 Å². The van der Waals surface area contributed by atoms with Crippen LogP contribution in [0.3, 0.4) is 0 Å². The summed E-state index contributed by atoms with van der Waals surface area (Å²) in [4.78, 5) is 26.9. The molecule has 0 unspecified atom stereocenters. The van der Waals surface area contributed by atoms with E-state index in [4.69, 9.17) is 49.6 Å². The van der Waals surface area contributed by atoms with Gasteiger partial charge in [0.2, 0.25) is 5.75 Å². The third-order valence-electron chi connectivity index (χ3n) is 4.31. The van der Waals surface area contributed by atoms with Crippen molar-refractivity contribution in [2.45, 2.75) is 0 Å². The molecule has 0 radical (unpaired) electrons. The number of hydrogen-bond donors (Lipinski definition) is 1. The van der Waals surface area contributed by atoms with Crippen LogP contribution >= 0.6 is 35.4 Å². The summed E-state index contributed by atoms with van der Waals surface area (Å²) >= 11 is 17.5. The molecule has 0 aliphatic carbocycles. The fourth-order valence-corrected chi connectivity index (χ4v) is 3.59. The maximum Gasteiger partial charge on any atom is 0.270 e. The fraction of sp³-hybridized carbons (Fsp3) is 0.150. The molecule has 2 aromatic carbocycles. The van der Waals surface area contributed by atoms with Gasteiger partial charge in [-0.1, -0.05) is 29.3 Å². The minimum atomic E-state index is -0.662. The second kappa shape index (κ2) is 8.91. The van der Waals surface area contributed by atoms with Gasteiger partial charge in [0, 0.05) is 5.56 Å². The highest BCUT2D eigenvalue weighted by atomic mass is 35.5. The molecular weight excluding hydrogens is 451 g/mol. The number of nitrogens with one attached hydrogen (secondary N) is 1. The van der Waals surface area contributed by atoms with E-state index in [0.29, 0.717) is 22.8 Å². The Bertz CT molecular complexity index is 1090. The molecule has 7 nitrogen and oxygen atoms in total. The van der Waals surface area contributed by atoms with Crippen molar-refractivity contribution in [2.75, 3.05) is 26.2 Å². The summed E-state index contributed by atoms with van der Waals surface area (Å²) in [5, 5.41) is 2.77. The summed E-state index contributed by atoms with van der Waals surface area (Å²) in [7, 11) is 4.38. The Labute approximate surface area is 188 Å². The molecule has 30 heavy (non-hydrogen) atoms. The molecule has 1 heterocycles. The first-order valence-electron chi connectivity index (χ1n) is 8.48. The number of amides is 2. The van der Waals surface area contributed by atoms with Gasteiger partial charge >= 0.3 is 0 Å². The lowest BCUT2D eigenvalue weighted by atomic mass is 10.1. The Balaban J connectivity index is 2.13. The summed E-state index contributed by atoms with van der Waals surface area (Å²) < 4.78 is 16.0. The molecule has 2 aromatic rings. The third kappa shape index (κ3) is 3.81. The third-order valence-corrected chi connectivity index (χ3v) is 5.40. The van der Waals surface area contributed by atoms with Crippen molar-refractivity contribution in [2.24, 2.45) is 0 Å². The van der Waals surface area contributed by atoms with E-state index in [1.165, 1.54) is 27.4 Å². The predicted octanol–water partition coefficient (Wildman–Crippen LogP) is 3.85. The van der Waals surface area contributed by atoms with Crippen LogP contribution in [0.4, 0.5) is 5.69 Å². The largest absolute Gasteiger partial charge is 0.493 e. The van der Waals surface area contributed by atoms with Gasteiger partial charge in [0.25, 0.3) is 11.8 Å². The smallest absolute Gasteiger partial charge is 0.270 e. The number of ether oxygens (including phenoxy) is 3. The first kappa shape index (κ1) is 21.9. The second-order valence-corrected chi connectivity index (χ2v) is 7.13. The minimum absolute atomic E-state index is 0.106. The van der Waals surface area contributed by atoms with Crippen molar-refractivity contribution in [1.82, 2.24) is 5.32 Å². The molecule has 10 heteroatoms. The van der Waals surface area contributed by atoms with E-state index in [1.807, 2.05) is 0 Å². The van der Waals surface area contributed by atoms with Gasteiger partial charge in [-0.05, 0) is 42.6 Å². The highest BCUT2D eigenvalue weighted by Crippen LogP contribution is 2.41. The molecule has 1 fully saturated rings. The average Bonchev–Trinajstić information content (AvgIpc) is 2.73. The molecule has 0 bridgehead atoms. The molecule has 0 spiro atoms. The number of halogens is 2. The molecule has 2 amide bonds. The lowest BCUT2D eigenvalue weighted by Crippen LogP contribution is -2.54. The first-order valence-corrected chi connectivity index (χ1v) is 9.64. The topological polar surface area (TPSA) is 77.1 Å². The number of carbonyl (C=O) groups is 2. The molecule has 3 rings (SSSR count). The van der Waals surface area contributed by atoms with Crippen LogP contribution in [-0.4, -0.2) is 38.3 Å². The highest BCUT2D eigenvalue weighted by molar-refractivity contribution is 7.80. The van der Waals surface area contributed by atoms with Crippen LogP contribution in [-0.2, 0) is 9.59 Å². The van der Waals surface area contributed by atoms with Gasteiger partial charge in [-0.3, -0.25) is 19.8 Å².